The molecule has 0 unspecified atom stereocenters. The van der Waals surface area contributed by atoms with Gasteiger partial charge >= 0.3 is 0 Å². The SMILES string of the molecule is c1nc(NCC2CC2)cc(N2C[C@H]3CCCN[C@H]3C2)n1. The van der Waals surface area contributed by atoms with Crippen LogP contribution in [0.2, 0.25) is 0 Å². The zero-order valence-electron chi connectivity index (χ0n) is 11.9. The van der Waals surface area contributed by atoms with E-state index in [4.69, 9.17) is 0 Å². The van der Waals surface area contributed by atoms with Crippen molar-refractivity contribution < 1.29 is 0 Å². The fraction of sp³-hybridized carbons (Fsp3) is 0.733. The van der Waals surface area contributed by atoms with Crippen LogP contribution in [0.1, 0.15) is 25.7 Å². The molecule has 4 rings (SSSR count). The smallest absolute Gasteiger partial charge is 0.134 e. The van der Waals surface area contributed by atoms with E-state index in [0.29, 0.717) is 6.04 Å². The monoisotopic (exact) mass is 273 g/mol. The minimum atomic E-state index is 0.654. The highest BCUT2D eigenvalue weighted by Crippen LogP contribution is 2.30. The summed E-state index contributed by atoms with van der Waals surface area (Å²) in [7, 11) is 0. The second kappa shape index (κ2) is 5.20. The molecule has 3 fully saturated rings. The molecule has 0 amide bonds. The van der Waals surface area contributed by atoms with E-state index >= 15 is 0 Å². The lowest BCUT2D eigenvalue weighted by molar-refractivity contribution is 0.340. The third kappa shape index (κ3) is 2.59. The van der Waals surface area contributed by atoms with Gasteiger partial charge in [-0.05, 0) is 44.1 Å². The van der Waals surface area contributed by atoms with Crippen LogP contribution < -0.4 is 15.5 Å². The number of fused-ring (bicyclic) bond motifs is 1. The predicted molar refractivity (Wildman–Crippen MR) is 80.0 cm³/mol. The molecule has 1 aromatic heterocycles. The number of piperidine rings is 1. The molecular formula is C15H23N5. The molecule has 1 aromatic rings. The van der Waals surface area contributed by atoms with Gasteiger partial charge in [-0.15, -0.1) is 0 Å². The van der Waals surface area contributed by atoms with Crippen molar-refractivity contribution >= 4 is 11.6 Å². The molecule has 3 aliphatic rings. The van der Waals surface area contributed by atoms with Crippen molar-refractivity contribution in [1.29, 1.82) is 0 Å². The Hall–Kier alpha value is -1.36. The Morgan fingerprint density at radius 2 is 2.20 bits per heavy atom. The maximum absolute atomic E-state index is 4.47. The molecule has 0 aromatic carbocycles. The van der Waals surface area contributed by atoms with Gasteiger partial charge in [0.2, 0.25) is 0 Å². The summed E-state index contributed by atoms with van der Waals surface area (Å²) in [6, 6.07) is 2.77. The van der Waals surface area contributed by atoms with Crippen molar-refractivity contribution in [2.24, 2.45) is 11.8 Å². The molecule has 5 nitrogen and oxygen atoms in total. The second-order valence-electron chi connectivity index (χ2n) is 6.45. The van der Waals surface area contributed by atoms with Gasteiger partial charge in [0.25, 0.3) is 0 Å². The van der Waals surface area contributed by atoms with Gasteiger partial charge in [0.15, 0.2) is 0 Å². The summed E-state index contributed by atoms with van der Waals surface area (Å²) in [4.78, 5) is 11.2. The number of nitrogens with zero attached hydrogens (tertiary/aromatic N) is 3. The Morgan fingerprint density at radius 3 is 3.05 bits per heavy atom. The molecule has 0 radical (unpaired) electrons. The molecule has 0 bridgehead atoms. The number of nitrogens with one attached hydrogen (secondary N) is 2. The average Bonchev–Trinajstić information content (AvgIpc) is 3.22. The molecule has 1 saturated carbocycles. The topological polar surface area (TPSA) is 53.1 Å². The molecule has 20 heavy (non-hydrogen) atoms. The van der Waals surface area contributed by atoms with Crippen LogP contribution in [0.5, 0.6) is 0 Å². The third-order valence-electron chi connectivity index (χ3n) is 4.84. The Bertz CT molecular complexity index is 459. The summed E-state index contributed by atoms with van der Waals surface area (Å²) in [6.45, 7) is 4.46. The highest BCUT2D eigenvalue weighted by molar-refractivity contribution is 5.49. The molecule has 1 aliphatic carbocycles. The van der Waals surface area contributed by atoms with Crippen molar-refractivity contribution in [3.63, 3.8) is 0 Å². The largest absolute Gasteiger partial charge is 0.370 e. The van der Waals surface area contributed by atoms with E-state index in [9.17, 15) is 0 Å². The van der Waals surface area contributed by atoms with Crippen LogP contribution in [0, 0.1) is 11.8 Å². The summed E-state index contributed by atoms with van der Waals surface area (Å²) < 4.78 is 0. The van der Waals surface area contributed by atoms with Crippen LogP contribution in [-0.4, -0.2) is 42.2 Å². The zero-order chi connectivity index (χ0) is 13.4. The molecule has 0 spiro atoms. The van der Waals surface area contributed by atoms with Crippen molar-refractivity contribution in [3.8, 4) is 0 Å². The quantitative estimate of drug-likeness (QED) is 0.870. The number of anilines is 2. The fourth-order valence-electron chi connectivity index (χ4n) is 3.42. The van der Waals surface area contributed by atoms with Crippen LogP contribution >= 0.6 is 0 Å². The maximum Gasteiger partial charge on any atom is 0.134 e. The Labute approximate surface area is 120 Å². The van der Waals surface area contributed by atoms with Gasteiger partial charge in [0.05, 0.1) is 0 Å². The zero-order valence-corrected chi connectivity index (χ0v) is 11.9. The first-order valence-electron chi connectivity index (χ1n) is 7.93. The second-order valence-corrected chi connectivity index (χ2v) is 6.45. The fourth-order valence-corrected chi connectivity index (χ4v) is 3.42. The summed E-state index contributed by atoms with van der Waals surface area (Å²) in [5.74, 6) is 3.72. The molecule has 2 saturated heterocycles. The van der Waals surface area contributed by atoms with Crippen molar-refractivity contribution in [1.82, 2.24) is 15.3 Å². The lowest BCUT2D eigenvalue weighted by Crippen LogP contribution is -2.40. The van der Waals surface area contributed by atoms with Crippen LogP contribution in [0.25, 0.3) is 0 Å². The first-order valence-corrected chi connectivity index (χ1v) is 7.93. The number of aromatic nitrogens is 2. The van der Waals surface area contributed by atoms with Gasteiger partial charge < -0.3 is 15.5 Å². The van der Waals surface area contributed by atoms with Gasteiger partial charge in [0.1, 0.15) is 18.0 Å². The van der Waals surface area contributed by atoms with Crippen LogP contribution in [-0.2, 0) is 0 Å². The minimum Gasteiger partial charge on any atom is -0.370 e. The van der Waals surface area contributed by atoms with E-state index < -0.39 is 0 Å². The standard InChI is InChI=1S/C15H23N5/c1-2-12-8-20(9-13(12)16-5-1)15-6-14(18-10-19-15)17-7-11-3-4-11/h6,10-13,16H,1-5,7-9H2,(H,17,18,19)/t12-,13+/m1/s1. The number of hydrogen-bond acceptors (Lipinski definition) is 5. The van der Waals surface area contributed by atoms with E-state index in [0.717, 1.165) is 43.1 Å². The molecule has 3 heterocycles. The van der Waals surface area contributed by atoms with Crippen LogP contribution in [0.4, 0.5) is 11.6 Å². The Kier molecular flexibility index (Phi) is 3.22. The van der Waals surface area contributed by atoms with Gasteiger partial charge in [0, 0.05) is 31.7 Å². The highest BCUT2D eigenvalue weighted by Gasteiger charge is 2.34. The van der Waals surface area contributed by atoms with E-state index in [1.54, 1.807) is 6.33 Å². The molecule has 2 atom stereocenters. The molecule has 5 heteroatoms. The lowest BCUT2D eigenvalue weighted by Gasteiger charge is -2.24. The summed E-state index contributed by atoms with van der Waals surface area (Å²) in [5, 5.41) is 7.08. The Balaban J connectivity index is 1.43. The molecule has 2 aliphatic heterocycles. The van der Waals surface area contributed by atoms with E-state index in [1.165, 1.54) is 32.2 Å². The van der Waals surface area contributed by atoms with E-state index in [-0.39, 0.29) is 0 Å². The van der Waals surface area contributed by atoms with Crippen molar-refractivity contribution in [3.05, 3.63) is 12.4 Å². The molecule has 2 N–H and O–H groups in total. The predicted octanol–water partition coefficient (Wildman–Crippen LogP) is 1.49. The van der Waals surface area contributed by atoms with Gasteiger partial charge in [-0.3, -0.25) is 0 Å². The third-order valence-corrected chi connectivity index (χ3v) is 4.84. The first kappa shape index (κ1) is 12.4. The molecule has 108 valence electrons. The normalized spacial score (nSPS) is 29.3. The average molecular weight is 273 g/mol. The minimum absolute atomic E-state index is 0.654. The Morgan fingerprint density at radius 1 is 1.25 bits per heavy atom. The number of rotatable bonds is 4. The highest BCUT2D eigenvalue weighted by atomic mass is 15.3. The van der Waals surface area contributed by atoms with Crippen molar-refractivity contribution in [2.75, 3.05) is 36.4 Å². The van der Waals surface area contributed by atoms with Gasteiger partial charge in [-0.2, -0.15) is 0 Å². The summed E-state index contributed by atoms with van der Waals surface area (Å²) >= 11 is 0. The van der Waals surface area contributed by atoms with Gasteiger partial charge in [-0.1, -0.05) is 0 Å². The summed E-state index contributed by atoms with van der Waals surface area (Å²) in [5.41, 5.74) is 0. The maximum atomic E-state index is 4.47. The van der Waals surface area contributed by atoms with Crippen LogP contribution in [0.15, 0.2) is 12.4 Å². The summed E-state index contributed by atoms with van der Waals surface area (Å²) in [6.07, 6.45) is 7.09. The van der Waals surface area contributed by atoms with Crippen LogP contribution in [0.3, 0.4) is 0 Å². The first-order chi connectivity index (χ1) is 9.88. The van der Waals surface area contributed by atoms with Crippen molar-refractivity contribution in [2.45, 2.75) is 31.7 Å². The lowest BCUT2D eigenvalue weighted by atomic mass is 9.94. The number of hydrogen-bond donors (Lipinski definition) is 2. The van der Waals surface area contributed by atoms with E-state index in [2.05, 4.69) is 31.6 Å². The molecular weight excluding hydrogens is 250 g/mol. The van der Waals surface area contributed by atoms with E-state index in [1.807, 2.05) is 0 Å². The van der Waals surface area contributed by atoms with Gasteiger partial charge in [-0.25, -0.2) is 9.97 Å².